The van der Waals surface area contributed by atoms with Gasteiger partial charge in [0.1, 0.15) is 5.69 Å². The molecule has 1 aromatic carbocycles. The minimum atomic E-state index is -0.210. The lowest BCUT2D eigenvalue weighted by Gasteiger charge is -2.01. The summed E-state index contributed by atoms with van der Waals surface area (Å²) in [6.45, 7) is 1.98. The fourth-order valence-corrected chi connectivity index (χ4v) is 2.42. The lowest BCUT2D eigenvalue weighted by atomic mass is 10.1. The van der Waals surface area contributed by atoms with Crippen molar-refractivity contribution in [2.24, 2.45) is 0 Å². The first-order valence-corrected chi connectivity index (χ1v) is 7.04. The molecule has 2 heterocycles. The third-order valence-corrected chi connectivity index (χ3v) is 3.56. The predicted octanol–water partition coefficient (Wildman–Crippen LogP) is 3.96. The van der Waals surface area contributed by atoms with Gasteiger partial charge in [0.25, 0.3) is 5.91 Å². The average Bonchev–Trinajstić information content (AvgIpc) is 3.09. The zero-order chi connectivity index (χ0) is 13.9. The second-order valence-electron chi connectivity index (χ2n) is 4.41. The van der Waals surface area contributed by atoms with Gasteiger partial charge in [0.05, 0.1) is 0 Å². The van der Waals surface area contributed by atoms with Crippen molar-refractivity contribution in [3.63, 3.8) is 0 Å². The Morgan fingerprint density at radius 1 is 1.25 bits per heavy atom. The third-order valence-electron chi connectivity index (χ3n) is 2.88. The van der Waals surface area contributed by atoms with Gasteiger partial charge in [-0.3, -0.25) is 10.1 Å². The molecule has 0 saturated heterocycles. The van der Waals surface area contributed by atoms with E-state index in [1.165, 1.54) is 0 Å². The van der Waals surface area contributed by atoms with Crippen LogP contribution in [0.3, 0.4) is 0 Å². The highest BCUT2D eigenvalue weighted by Gasteiger charge is 2.11. The number of carbonyl (C=O) groups is 1. The van der Waals surface area contributed by atoms with Gasteiger partial charge in [0, 0.05) is 22.6 Å². The Balaban J connectivity index is 1.75. The van der Waals surface area contributed by atoms with Crippen molar-refractivity contribution < 1.29 is 9.32 Å². The van der Waals surface area contributed by atoms with Crippen molar-refractivity contribution in [1.29, 1.82) is 0 Å². The van der Waals surface area contributed by atoms with Crippen molar-refractivity contribution in [2.75, 3.05) is 5.32 Å². The van der Waals surface area contributed by atoms with E-state index in [0.29, 0.717) is 17.1 Å². The van der Waals surface area contributed by atoms with E-state index >= 15 is 0 Å². The van der Waals surface area contributed by atoms with Gasteiger partial charge < -0.3 is 4.52 Å². The molecule has 0 saturated carbocycles. The number of nitrogens with zero attached hydrogens (tertiary/aromatic N) is 1. The van der Waals surface area contributed by atoms with Gasteiger partial charge >= 0.3 is 0 Å². The molecule has 4 nitrogen and oxygen atoms in total. The average molecular weight is 284 g/mol. The van der Waals surface area contributed by atoms with E-state index < -0.39 is 0 Å². The normalized spacial score (nSPS) is 10.4. The maximum absolute atomic E-state index is 12.0. The molecule has 5 heteroatoms. The molecule has 3 rings (SSSR count). The predicted molar refractivity (Wildman–Crippen MR) is 78.9 cm³/mol. The number of aryl methyl sites for hydroxylation is 1. The SMILES string of the molecule is Cc1ccc(C(=O)Nc2cc(-c3ccsc3)no2)cc1. The van der Waals surface area contributed by atoms with Gasteiger partial charge in [0.15, 0.2) is 0 Å². The van der Waals surface area contributed by atoms with Crippen LogP contribution >= 0.6 is 11.3 Å². The number of hydrogen-bond donors (Lipinski definition) is 1. The van der Waals surface area contributed by atoms with Crippen molar-refractivity contribution in [3.8, 4) is 11.3 Å². The van der Waals surface area contributed by atoms with Crippen LogP contribution < -0.4 is 5.32 Å². The topological polar surface area (TPSA) is 55.1 Å². The Bertz CT molecular complexity index is 715. The highest BCUT2D eigenvalue weighted by atomic mass is 32.1. The lowest BCUT2D eigenvalue weighted by Crippen LogP contribution is -2.11. The van der Waals surface area contributed by atoms with Gasteiger partial charge in [-0.15, -0.1) is 0 Å². The van der Waals surface area contributed by atoms with Crippen LogP contribution in [0.15, 0.2) is 51.7 Å². The molecule has 1 amide bonds. The van der Waals surface area contributed by atoms with Crippen LogP contribution in [0.1, 0.15) is 15.9 Å². The smallest absolute Gasteiger partial charge is 0.258 e. The summed E-state index contributed by atoms with van der Waals surface area (Å²) in [6.07, 6.45) is 0. The number of thiophene rings is 1. The molecule has 20 heavy (non-hydrogen) atoms. The fraction of sp³-hybridized carbons (Fsp3) is 0.0667. The Hall–Kier alpha value is -2.40. The number of benzene rings is 1. The quantitative estimate of drug-likeness (QED) is 0.792. The fourth-order valence-electron chi connectivity index (χ4n) is 1.77. The standard InChI is InChI=1S/C15H12N2O2S/c1-10-2-4-11(5-3-10)15(18)16-14-8-13(17-19-14)12-6-7-20-9-12/h2-9H,1H3,(H,16,18). The molecule has 0 radical (unpaired) electrons. The summed E-state index contributed by atoms with van der Waals surface area (Å²) >= 11 is 1.59. The number of anilines is 1. The second kappa shape index (κ2) is 5.30. The summed E-state index contributed by atoms with van der Waals surface area (Å²) in [4.78, 5) is 12.0. The van der Waals surface area contributed by atoms with Crippen LogP contribution in [0.2, 0.25) is 0 Å². The Labute approximate surface area is 120 Å². The van der Waals surface area contributed by atoms with E-state index in [9.17, 15) is 4.79 Å². The van der Waals surface area contributed by atoms with Crippen LogP contribution in [0.4, 0.5) is 5.88 Å². The summed E-state index contributed by atoms with van der Waals surface area (Å²) < 4.78 is 5.13. The van der Waals surface area contributed by atoms with Crippen molar-refractivity contribution in [3.05, 3.63) is 58.3 Å². The first-order chi connectivity index (χ1) is 9.72. The van der Waals surface area contributed by atoms with Crippen molar-refractivity contribution in [1.82, 2.24) is 5.16 Å². The number of rotatable bonds is 3. The molecule has 0 unspecified atom stereocenters. The van der Waals surface area contributed by atoms with Gasteiger partial charge in [-0.1, -0.05) is 22.9 Å². The Morgan fingerprint density at radius 2 is 2.05 bits per heavy atom. The molecule has 0 bridgehead atoms. The van der Waals surface area contributed by atoms with Gasteiger partial charge in [0.2, 0.25) is 5.88 Å². The number of carbonyl (C=O) groups excluding carboxylic acids is 1. The van der Waals surface area contributed by atoms with E-state index in [1.807, 2.05) is 35.9 Å². The third kappa shape index (κ3) is 2.62. The van der Waals surface area contributed by atoms with Crippen LogP contribution in [0, 0.1) is 6.92 Å². The van der Waals surface area contributed by atoms with Crippen LogP contribution in [-0.4, -0.2) is 11.1 Å². The summed E-state index contributed by atoms with van der Waals surface area (Å²) in [6, 6.07) is 11.0. The minimum Gasteiger partial charge on any atom is -0.338 e. The highest BCUT2D eigenvalue weighted by molar-refractivity contribution is 7.08. The summed E-state index contributed by atoms with van der Waals surface area (Å²) in [7, 11) is 0. The first kappa shape index (κ1) is 12.6. The Morgan fingerprint density at radius 3 is 2.75 bits per heavy atom. The first-order valence-electron chi connectivity index (χ1n) is 6.10. The van der Waals surface area contributed by atoms with Crippen LogP contribution in [0.25, 0.3) is 11.3 Å². The molecular weight excluding hydrogens is 272 g/mol. The molecule has 0 atom stereocenters. The maximum Gasteiger partial charge on any atom is 0.258 e. The van der Waals surface area contributed by atoms with E-state index in [4.69, 9.17) is 4.52 Å². The van der Waals surface area contributed by atoms with Crippen molar-refractivity contribution in [2.45, 2.75) is 6.92 Å². The van der Waals surface area contributed by atoms with Gasteiger partial charge in [-0.25, -0.2) is 0 Å². The molecule has 100 valence electrons. The molecule has 0 fully saturated rings. The number of aromatic nitrogens is 1. The van der Waals surface area contributed by atoms with Crippen LogP contribution in [-0.2, 0) is 0 Å². The van der Waals surface area contributed by atoms with Crippen molar-refractivity contribution >= 4 is 23.1 Å². The zero-order valence-electron chi connectivity index (χ0n) is 10.8. The number of hydrogen-bond acceptors (Lipinski definition) is 4. The van der Waals surface area contributed by atoms with Gasteiger partial charge in [-0.2, -0.15) is 11.3 Å². The molecule has 3 aromatic rings. The minimum absolute atomic E-state index is 0.210. The van der Waals surface area contributed by atoms with E-state index in [-0.39, 0.29) is 5.91 Å². The zero-order valence-corrected chi connectivity index (χ0v) is 11.6. The van der Waals surface area contributed by atoms with E-state index in [2.05, 4.69) is 10.5 Å². The van der Waals surface area contributed by atoms with Crippen LogP contribution in [0.5, 0.6) is 0 Å². The number of amides is 1. The molecule has 0 aliphatic carbocycles. The molecular formula is C15H12N2O2S. The molecule has 0 spiro atoms. The molecule has 2 aromatic heterocycles. The highest BCUT2D eigenvalue weighted by Crippen LogP contribution is 2.23. The summed E-state index contributed by atoms with van der Waals surface area (Å²) in [5.41, 5.74) is 3.39. The molecule has 0 aliphatic heterocycles. The van der Waals surface area contributed by atoms with Gasteiger partial charge in [-0.05, 0) is 30.5 Å². The largest absolute Gasteiger partial charge is 0.338 e. The maximum atomic E-state index is 12.0. The molecule has 1 N–H and O–H groups in total. The Kier molecular flexibility index (Phi) is 3.35. The number of nitrogens with one attached hydrogen (secondary N) is 1. The lowest BCUT2D eigenvalue weighted by molar-refractivity contribution is 0.102. The van der Waals surface area contributed by atoms with E-state index in [1.54, 1.807) is 29.5 Å². The monoisotopic (exact) mass is 284 g/mol. The summed E-state index contributed by atoms with van der Waals surface area (Å²) in [5, 5.41) is 10.6. The summed E-state index contributed by atoms with van der Waals surface area (Å²) in [5.74, 6) is 0.134. The molecule has 0 aliphatic rings. The van der Waals surface area contributed by atoms with E-state index in [0.717, 1.165) is 11.1 Å². The second-order valence-corrected chi connectivity index (χ2v) is 5.19.